The summed E-state index contributed by atoms with van der Waals surface area (Å²) in [4.78, 5) is 12.6. The number of amides is 1. The van der Waals surface area contributed by atoms with Crippen molar-refractivity contribution < 1.29 is 23.1 Å². The quantitative estimate of drug-likeness (QED) is 0.807. The average molecular weight is 324 g/mol. The van der Waals surface area contributed by atoms with Crippen LogP contribution in [0, 0.1) is 0 Å². The van der Waals surface area contributed by atoms with Crippen LogP contribution in [0.5, 0.6) is 5.75 Å². The van der Waals surface area contributed by atoms with Gasteiger partial charge in [-0.1, -0.05) is 15.9 Å². The van der Waals surface area contributed by atoms with E-state index in [1.807, 2.05) is 0 Å². The highest BCUT2D eigenvalue weighted by molar-refractivity contribution is 9.09. The molecule has 1 aromatic carbocycles. The molecule has 0 bridgehead atoms. The highest BCUT2D eigenvalue weighted by Crippen LogP contribution is 2.38. The first-order valence-electron chi connectivity index (χ1n) is 5.13. The number of anilines is 1. The molecule has 1 fully saturated rings. The molecule has 0 aliphatic carbocycles. The van der Waals surface area contributed by atoms with Crippen molar-refractivity contribution in [1.29, 1.82) is 0 Å². The molecule has 7 heteroatoms. The molecule has 1 saturated heterocycles. The summed E-state index contributed by atoms with van der Waals surface area (Å²) in [6.07, 6.45) is -4.30. The third kappa shape index (κ3) is 2.45. The number of alkyl halides is 4. The van der Waals surface area contributed by atoms with E-state index >= 15 is 0 Å². The summed E-state index contributed by atoms with van der Waals surface area (Å²) in [7, 11) is 0. The maximum absolute atomic E-state index is 12.6. The lowest BCUT2D eigenvalue weighted by Crippen LogP contribution is -2.25. The van der Waals surface area contributed by atoms with Crippen molar-refractivity contribution in [2.24, 2.45) is 0 Å². The van der Waals surface area contributed by atoms with Crippen molar-refractivity contribution in [3.63, 3.8) is 0 Å². The third-order valence-electron chi connectivity index (χ3n) is 2.67. The zero-order valence-electron chi connectivity index (χ0n) is 9.04. The van der Waals surface area contributed by atoms with E-state index in [4.69, 9.17) is 0 Å². The van der Waals surface area contributed by atoms with Crippen LogP contribution >= 0.6 is 15.9 Å². The molecule has 0 saturated carbocycles. The van der Waals surface area contributed by atoms with E-state index in [9.17, 15) is 23.1 Å². The molecule has 18 heavy (non-hydrogen) atoms. The molecule has 1 N–H and O–H groups in total. The third-order valence-corrected chi connectivity index (χ3v) is 3.28. The van der Waals surface area contributed by atoms with Crippen LogP contribution in [-0.2, 0) is 11.0 Å². The van der Waals surface area contributed by atoms with Gasteiger partial charge in [0.05, 0.1) is 11.3 Å². The monoisotopic (exact) mass is 323 g/mol. The van der Waals surface area contributed by atoms with Crippen molar-refractivity contribution in [2.75, 3.05) is 11.4 Å². The predicted octanol–water partition coefficient (Wildman–Crippen LogP) is 2.91. The molecular weight excluding hydrogens is 315 g/mol. The number of carbonyl (C=O) groups excluding carboxylic acids is 1. The first kappa shape index (κ1) is 13.2. The SMILES string of the molecule is O=C1CC(Br)CN1c1cc(C(F)(F)F)ccc1O. The first-order chi connectivity index (χ1) is 8.29. The van der Waals surface area contributed by atoms with Gasteiger partial charge in [0.15, 0.2) is 0 Å². The van der Waals surface area contributed by atoms with Crippen LogP contribution in [-0.4, -0.2) is 22.4 Å². The van der Waals surface area contributed by atoms with Gasteiger partial charge < -0.3 is 10.0 Å². The number of phenols is 1. The second kappa shape index (κ2) is 4.46. The summed E-state index contributed by atoms with van der Waals surface area (Å²) in [6.45, 7) is 0.244. The van der Waals surface area contributed by atoms with Gasteiger partial charge >= 0.3 is 6.18 Å². The lowest BCUT2D eigenvalue weighted by molar-refractivity contribution is -0.137. The maximum Gasteiger partial charge on any atom is 0.416 e. The molecule has 1 aliphatic rings. The maximum atomic E-state index is 12.6. The highest BCUT2D eigenvalue weighted by Gasteiger charge is 2.34. The molecule has 0 radical (unpaired) electrons. The molecule has 1 atom stereocenters. The van der Waals surface area contributed by atoms with E-state index in [1.54, 1.807) is 0 Å². The number of carbonyl (C=O) groups is 1. The predicted molar refractivity (Wildman–Crippen MR) is 62.8 cm³/mol. The van der Waals surface area contributed by atoms with Gasteiger partial charge in [0, 0.05) is 17.8 Å². The number of aromatic hydroxyl groups is 1. The number of hydrogen-bond acceptors (Lipinski definition) is 2. The van der Waals surface area contributed by atoms with Crippen LogP contribution in [0.3, 0.4) is 0 Å². The Bertz CT molecular complexity index is 490. The number of halogens is 4. The number of phenolic OH excluding ortho intramolecular Hbond substituents is 1. The largest absolute Gasteiger partial charge is 0.506 e. The Morgan fingerprint density at radius 2 is 2.06 bits per heavy atom. The number of rotatable bonds is 1. The number of benzene rings is 1. The number of nitrogens with zero attached hydrogens (tertiary/aromatic N) is 1. The minimum absolute atomic E-state index is 0.100. The van der Waals surface area contributed by atoms with Gasteiger partial charge in [0.25, 0.3) is 0 Å². The summed E-state index contributed by atoms with van der Waals surface area (Å²) in [6, 6.07) is 2.52. The van der Waals surface area contributed by atoms with Gasteiger partial charge in [-0.25, -0.2) is 0 Å². The first-order valence-corrected chi connectivity index (χ1v) is 6.05. The fraction of sp³-hybridized carbons (Fsp3) is 0.364. The minimum atomic E-state index is -4.50. The van der Waals surface area contributed by atoms with Gasteiger partial charge in [-0.3, -0.25) is 4.79 Å². The Morgan fingerprint density at radius 1 is 1.39 bits per heavy atom. The molecule has 3 nitrogen and oxygen atoms in total. The van der Waals surface area contributed by atoms with E-state index in [0.717, 1.165) is 23.1 Å². The van der Waals surface area contributed by atoms with Crippen LogP contribution in [0.4, 0.5) is 18.9 Å². The Hall–Kier alpha value is -1.24. The van der Waals surface area contributed by atoms with Gasteiger partial charge in [0.2, 0.25) is 5.91 Å². The van der Waals surface area contributed by atoms with Crippen molar-refractivity contribution in [3.05, 3.63) is 23.8 Å². The van der Waals surface area contributed by atoms with Crippen molar-refractivity contribution in [2.45, 2.75) is 17.4 Å². The van der Waals surface area contributed by atoms with Crippen LogP contribution in [0.25, 0.3) is 0 Å². The second-order valence-corrected chi connectivity index (χ2v) is 5.30. The molecule has 1 unspecified atom stereocenters. The fourth-order valence-corrected chi connectivity index (χ4v) is 2.38. The number of hydrogen-bond donors (Lipinski definition) is 1. The van der Waals surface area contributed by atoms with Crippen LogP contribution in [0.2, 0.25) is 0 Å². The summed E-state index contributed by atoms with van der Waals surface area (Å²) in [5, 5.41) is 9.59. The summed E-state index contributed by atoms with van der Waals surface area (Å²) in [5.74, 6) is -0.649. The normalized spacial score (nSPS) is 20.6. The zero-order valence-corrected chi connectivity index (χ0v) is 10.6. The van der Waals surface area contributed by atoms with Gasteiger partial charge in [0.1, 0.15) is 5.75 Å². The Kier molecular flexibility index (Phi) is 3.27. The van der Waals surface area contributed by atoms with E-state index in [2.05, 4.69) is 15.9 Å². The van der Waals surface area contributed by atoms with E-state index in [0.29, 0.717) is 0 Å². The van der Waals surface area contributed by atoms with Crippen LogP contribution in [0.15, 0.2) is 18.2 Å². The van der Waals surface area contributed by atoms with Gasteiger partial charge in [-0.2, -0.15) is 13.2 Å². The van der Waals surface area contributed by atoms with Crippen LogP contribution in [0.1, 0.15) is 12.0 Å². The Balaban J connectivity index is 2.41. The Morgan fingerprint density at radius 3 is 2.56 bits per heavy atom. The average Bonchev–Trinajstić information content (AvgIpc) is 2.56. The molecule has 0 spiro atoms. The second-order valence-electron chi connectivity index (χ2n) is 4.01. The molecule has 1 aliphatic heterocycles. The molecule has 1 amide bonds. The van der Waals surface area contributed by atoms with Gasteiger partial charge in [-0.05, 0) is 18.2 Å². The summed E-state index contributed by atoms with van der Waals surface area (Å²) >= 11 is 3.23. The van der Waals surface area contributed by atoms with Crippen molar-refractivity contribution in [1.82, 2.24) is 0 Å². The smallest absolute Gasteiger partial charge is 0.416 e. The lowest BCUT2D eigenvalue weighted by atomic mass is 10.1. The Labute approximate surface area is 109 Å². The van der Waals surface area contributed by atoms with Gasteiger partial charge in [-0.15, -0.1) is 0 Å². The lowest BCUT2D eigenvalue weighted by Gasteiger charge is -2.19. The van der Waals surface area contributed by atoms with Crippen LogP contribution < -0.4 is 4.90 Å². The minimum Gasteiger partial charge on any atom is -0.506 e. The summed E-state index contributed by atoms with van der Waals surface area (Å²) in [5.41, 5.74) is -0.988. The van der Waals surface area contributed by atoms with E-state index in [1.165, 1.54) is 0 Å². The molecule has 2 rings (SSSR count). The molecular formula is C11H9BrF3NO2. The van der Waals surface area contributed by atoms with Crippen molar-refractivity contribution >= 4 is 27.5 Å². The molecule has 1 heterocycles. The topological polar surface area (TPSA) is 40.5 Å². The highest BCUT2D eigenvalue weighted by atomic mass is 79.9. The summed E-state index contributed by atoms with van der Waals surface area (Å²) < 4.78 is 37.7. The standard InChI is InChI=1S/C11H9BrF3NO2/c12-7-4-10(18)16(5-7)8-3-6(11(13,14)15)1-2-9(8)17/h1-3,7,17H,4-5H2. The van der Waals surface area contributed by atoms with E-state index in [-0.39, 0.29) is 35.1 Å². The zero-order chi connectivity index (χ0) is 13.5. The molecule has 0 aromatic heterocycles. The van der Waals surface area contributed by atoms with E-state index < -0.39 is 11.7 Å². The molecule has 1 aromatic rings. The van der Waals surface area contributed by atoms with Crippen molar-refractivity contribution in [3.8, 4) is 5.75 Å². The fourth-order valence-electron chi connectivity index (χ4n) is 1.81. The molecule has 98 valence electrons.